The Hall–Kier alpha value is -0.343. The molecule has 0 N–H and O–H groups in total. The first-order valence-corrected chi connectivity index (χ1v) is 5.64. The Bertz CT molecular complexity index is 99.8. The number of nitrogens with zero attached hydrogens (tertiary/aromatic N) is 1. The van der Waals surface area contributed by atoms with Crippen molar-refractivity contribution in [3.05, 3.63) is 24.6 Å². The fraction of sp³-hybridized carbons (Fsp3) is 0.500. The van der Waals surface area contributed by atoms with Crippen molar-refractivity contribution in [3.8, 4) is 0 Å². The van der Waals surface area contributed by atoms with Crippen LogP contribution in [0.15, 0.2) is 24.6 Å². The minimum absolute atomic E-state index is 0.946. The van der Waals surface area contributed by atoms with Crippen LogP contribution in [0.3, 0.4) is 0 Å². The van der Waals surface area contributed by atoms with Crippen molar-refractivity contribution in [2.45, 2.75) is 13.8 Å². The lowest BCUT2D eigenvalue weighted by molar-refractivity contribution is 0.490. The van der Waals surface area contributed by atoms with E-state index in [2.05, 4.69) is 43.0 Å². The second-order valence-electron chi connectivity index (χ2n) is 2.18. The molecule has 0 radical (unpaired) electrons. The van der Waals surface area contributed by atoms with Gasteiger partial charge in [0.15, 0.2) is 8.96 Å². The average Bonchev–Trinajstić information content (AvgIpc) is 2.00. The van der Waals surface area contributed by atoms with Gasteiger partial charge in [-0.1, -0.05) is 25.2 Å². The van der Waals surface area contributed by atoms with Crippen molar-refractivity contribution in [2.24, 2.45) is 0 Å². The summed E-state index contributed by atoms with van der Waals surface area (Å²) < 4.78 is 2.43. The van der Waals surface area contributed by atoms with Crippen molar-refractivity contribution in [3.63, 3.8) is 0 Å². The molecule has 0 heterocycles. The summed E-state index contributed by atoms with van der Waals surface area (Å²) in [5.74, 6) is 0. The van der Waals surface area contributed by atoms with E-state index in [-0.39, 0.29) is 0 Å². The fourth-order valence-corrected chi connectivity index (χ4v) is 2.67. The molecule has 0 aliphatic rings. The normalized spacial score (nSPS) is 10.4. The fourth-order valence-electron chi connectivity index (χ4n) is 1.04. The van der Waals surface area contributed by atoms with Gasteiger partial charge in [0.25, 0.3) is 0 Å². The van der Waals surface area contributed by atoms with Gasteiger partial charge >= 0.3 is 0 Å². The van der Waals surface area contributed by atoms with Gasteiger partial charge in [-0.3, -0.25) is 0 Å². The highest BCUT2D eigenvalue weighted by Gasteiger charge is 2.07. The van der Waals surface area contributed by atoms with Crippen molar-refractivity contribution >= 4 is 8.96 Å². The summed E-state index contributed by atoms with van der Waals surface area (Å²) in [6.07, 6.45) is 0. The van der Waals surface area contributed by atoms with E-state index in [4.69, 9.17) is 0 Å². The molecule has 2 heteroatoms. The second-order valence-corrected chi connectivity index (χ2v) is 4.84. The monoisotopic (exact) mass is 155 g/mol. The predicted molar refractivity (Wildman–Crippen MR) is 50.5 cm³/mol. The first kappa shape index (κ1) is 9.66. The van der Waals surface area contributed by atoms with Crippen molar-refractivity contribution in [1.82, 2.24) is 4.57 Å². The molecule has 1 nitrogen and oxygen atoms in total. The van der Waals surface area contributed by atoms with Gasteiger partial charge in [0.2, 0.25) is 0 Å². The molecule has 0 amide bonds. The number of rotatable bonds is 5. The van der Waals surface area contributed by atoms with E-state index >= 15 is 0 Å². The summed E-state index contributed by atoms with van der Waals surface area (Å²) in [6, 6.07) is 0. The number of hydrogen-bond acceptors (Lipinski definition) is 1. The summed E-state index contributed by atoms with van der Waals surface area (Å²) in [4.78, 5) is 0. The lowest BCUT2D eigenvalue weighted by atomic mass is 10.7. The van der Waals surface area contributed by atoms with Crippen molar-refractivity contribution in [1.29, 1.82) is 0 Å². The molecule has 10 heavy (non-hydrogen) atoms. The van der Waals surface area contributed by atoms with Crippen LogP contribution in [-0.2, 0) is 0 Å². The summed E-state index contributed by atoms with van der Waals surface area (Å²) in [5.41, 5.74) is 4.11. The van der Waals surface area contributed by atoms with Crippen LogP contribution >= 0.6 is 0 Å². The van der Waals surface area contributed by atoms with E-state index in [1.54, 1.807) is 0 Å². The molecular formula is C8H17NSi. The van der Waals surface area contributed by atoms with Crippen molar-refractivity contribution < 1.29 is 0 Å². The van der Waals surface area contributed by atoms with Gasteiger partial charge in [-0.2, -0.15) is 0 Å². The van der Waals surface area contributed by atoms with Crippen LogP contribution < -0.4 is 0 Å². The lowest BCUT2D eigenvalue weighted by Gasteiger charge is -2.22. The molecule has 0 spiro atoms. The zero-order valence-corrected chi connectivity index (χ0v) is 8.16. The molecule has 0 aliphatic heterocycles. The molecular weight excluding hydrogens is 138 g/mol. The Balaban J connectivity index is 3.93. The highest BCUT2D eigenvalue weighted by Crippen LogP contribution is 1.95. The topological polar surface area (TPSA) is 3.24 Å². The van der Waals surface area contributed by atoms with Crippen LogP contribution in [0, 0.1) is 0 Å². The SMILES string of the molecule is C=C[SiH](C=C)N(CC)CC. The van der Waals surface area contributed by atoms with E-state index in [0.717, 1.165) is 13.1 Å². The van der Waals surface area contributed by atoms with Gasteiger partial charge in [0.05, 0.1) is 0 Å². The van der Waals surface area contributed by atoms with Crippen LogP contribution in [0.5, 0.6) is 0 Å². The van der Waals surface area contributed by atoms with E-state index in [1.165, 1.54) is 0 Å². The van der Waals surface area contributed by atoms with E-state index in [0.29, 0.717) is 0 Å². The lowest BCUT2D eigenvalue weighted by Crippen LogP contribution is -2.36. The number of hydrogen-bond donors (Lipinski definition) is 0. The molecule has 0 aliphatic carbocycles. The predicted octanol–water partition coefficient (Wildman–Crippen LogP) is 1.50. The summed E-state index contributed by atoms with van der Waals surface area (Å²) in [5, 5.41) is 0. The average molecular weight is 155 g/mol. The largest absolute Gasteiger partial charge is 0.320 e. The van der Waals surface area contributed by atoms with Crippen molar-refractivity contribution in [2.75, 3.05) is 13.1 Å². The van der Waals surface area contributed by atoms with Gasteiger partial charge in [-0.15, -0.1) is 13.2 Å². The highest BCUT2D eigenvalue weighted by atomic mass is 28.3. The van der Waals surface area contributed by atoms with Crippen LogP contribution in [0.25, 0.3) is 0 Å². The Labute approximate surface area is 65.7 Å². The molecule has 0 aromatic heterocycles. The van der Waals surface area contributed by atoms with E-state index < -0.39 is 8.96 Å². The molecule has 0 bridgehead atoms. The minimum atomic E-state index is -0.946. The summed E-state index contributed by atoms with van der Waals surface area (Å²) in [6.45, 7) is 14.2. The maximum Gasteiger partial charge on any atom is 0.160 e. The van der Waals surface area contributed by atoms with Gasteiger partial charge in [0, 0.05) is 0 Å². The van der Waals surface area contributed by atoms with E-state index in [1.807, 2.05) is 0 Å². The molecule has 0 aromatic carbocycles. The first-order chi connectivity index (χ1) is 4.79. The zero-order valence-electron chi connectivity index (χ0n) is 7.01. The Morgan fingerprint density at radius 1 is 1.20 bits per heavy atom. The van der Waals surface area contributed by atoms with Crippen LogP contribution in [0.2, 0.25) is 0 Å². The molecule has 0 saturated carbocycles. The molecule has 58 valence electrons. The molecule has 0 unspecified atom stereocenters. The van der Waals surface area contributed by atoms with Crippen LogP contribution in [0.4, 0.5) is 0 Å². The maximum atomic E-state index is 3.80. The second kappa shape index (κ2) is 5.44. The molecule has 0 fully saturated rings. The minimum Gasteiger partial charge on any atom is -0.320 e. The highest BCUT2D eigenvalue weighted by molar-refractivity contribution is 6.66. The van der Waals surface area contributed by atoms with Crippen LogP contribution in [-0.4, -0.2) is 26.6 Å². The summed E-state index contributed by atoms with van der Waals surface area (Å²) in [7, 11) is -0.946. The quantitative estimate of drug-likeness (QED) is 0.544. The molecule has 0 atom stereocenters. The van der Waals surface area contributed by atoms with Gasteiger partial charge in [-0.05, 0) is 13.1 Å². The third-order valence-electron chi connectivity index (χ3n) is 1.72. The van der Waals surface area contributed by atoms with E-state index in [9.17, 15) is 0 Å². The molecule has 0 saturated heterocycles. The smallest absolute Gasteiger partial charge is 0.160 e. The zero-order chi connectivity index (χ0) is 7.98. The van der Waals surface area contributed by atoms with Gasteiger partial charge < -0.3 is 4.57 Å². The first-order valence-electron chi connectivity index (χ1n) is 3.79. The Morgan fingerprint density at radius 3 is 1.70 bits per heavy atom. The standard InChI is InChI=1S/C8H17NSi/c1-5-9(6-2)10(7-3)8-4/h7-8,10H,3-6H2,1-2H3. The summed E-state index contributed by atoms with van der Waals surface area (Å²) >= 11 is 0. The van der Waals surface area contributed by atoms with Gasteiger partial charge in [-0.25, -0.2) is 0 Å². The molecule has 0 rings (SSSR count). The Morgan fingerprint density at radius 2 is 1.60 bits per heavy atom. The third kappa shape index (κ3) is 2.50. The van der Waals surface area contributed by atoms with Gasteiger partial charge in [0.1, 0.15) is 0 Å². The Kier molecular flexibility index (Phi) is 5.26. The maximum absolute atomic E-state index is 3.80. The molecule has 0 aromatic rings. The third-order valence-corrected chi connectivity index (χ3v) is 4.26. The van der Waals surface area contributed by atoms with Crippen LogP contribution in [0.1, 0.15) is 13.8 Å².